The van der Waals surface area contributed by atoms with Gasteiger partial charge in [-0.05, 0) is 85.0 Å². The van der Waals surface area contributed by atoms with Crippen molar-refractivity contribution in [2.45, 2.75) is 27.4 Å². The quantitative estimate of drug-likeness (QED) is 0.348. The van der Waals surface area contributed by atoms with E-state index in [-0.39, 0.29) is 12.6 Å². The molecule has 5 nitrogen and oxygen atoms in total. The largest absolute Gasteiger partial charge is 0.489 e. The summed E-state index contributed by atoms with van der Waals surface area (Å²) in [6.07, 6.45) is 0.812. The van der Waals surface area contributed by atoms with Crippen LogP contribution in [0.1, 0.15) is 34.0 Å². The molecule has 3 aromatic carbocycles. The summed E-state index contributed by atoms with van der Waals surface area (Å²) in [6.45, 7) is 6.52. The fourth-order valence-corrected chi connectivity index (χ4v) is 3.31. The smallest absolute Gasteiger partial charge is 0.344 e. The monoisotopic (exact) mass is 418 g/mol. The van der Waals surface area contributed by atoms with Gasteiger partial charge in [0.05, 0.1) is 6.61 Å². The highest BCUT2D eigenvalue weighted by Crippen LogP contribution is 2.31. The standard InChI is InChI=1S/C26H26O5/c1-4-29-26(28)17-31-23-12-13-24(18(2)14-23)25-7-5-6-21(19(25)3)16-30-22-10-8-20(15-27)9-11-22/h5-15H,4,16-17H2,1-3H3. The van der Waals surface area contributed by atoms with Gasteiger partial charge in [-0.25, -0.2) is 4.79 Å². The van der Waals surface area contributed by atoms with Crippen LogP contribution in [0.4, 0.5) is 0 Å². The Labute approximate surface area is 182 Å². The Morgan fingerprint density at radius 3 is 2.32 bits per heavy atom. The van der Waals surface area contributed by atoms with E-state index in [9.17, 15) is 9.59 Å². The van der Waals surface area contributed by atoms with Crippen LogP contribution in [0.15, 0.2) is 60.7 Å². The van der Waals surface area contributed by atoms with E-state index in [0.29, 0.717) is 24.5 Å². The molecule has 3 rings (SSSR count). The predicted molar refractivity (Wildman–Crippen MR) is 120 cm³/mol. The van der Waals surface area contributed by atoms with Crippen LogP contribution in [0.25, 0.3) is 11.1 Å². The summed E-state index contributed by atoms with van der Waals surface area (Å²) in [7, 11) is 0. The Hall–Kier alpha value is -3.60. The highest BCUT2D eigenvalue weighted by molar-refractivity contribution is 5.75. The van der Waals surface area contributed by atoms with E-state index in [1.807, 2.05) is 37.3 Å². The fourth-order valence-electron chi connectivity index (χ4n) is 3.31. The second-order valence-corrected chi connectivity index (χ2v) is 7.14. The van der Waals surface area contributed by atoms with Gasteiger partial charge in [-0.3, -0.25) is 4.79 Å². The molecule has 0 aliphatic heterocycles. The fraction of sp³-hybridized carbons (Fsp3) is 0.231. The van der Waals surface area contributed by atoms with E-state index in [2.05, 4.69) is 13.0 Å². The lowest BCUT2D eigenvalue weighted by molar-refractivity contribution is -0.145. The zero-order chi connectivity index (χ0) is 22.2. The van der Waals surface area contributed by atoms with Gasteiger partial charge in [0.1, 0.15) is 24.4 Å². The molecular formula is C26H26O5. The van der Waals surface area contributed by atoms with Crippen LogP contribution in [0.2, 0.25) is 0 Å². The lowest BCUT2D eigenvalue weighted by atomic mass is 9.94. The SMILES string of the molecule is CCOC(=O)COc1ccc(-c2cccc(COc3ccc(C=O)cc3)c2C)c(C)c1. The summed E-state index contributed by atoms with van der Waals surface area (Å²) in [4.78, 5) is 22.3. The van der Waals surface area contributed by atoms with Crippen molar-refractivity contribution in [3.63, 3.8) is 0 Å². The molecule has 0 fully saturated rings. The summed E-state index contributed by atoms with van der Waals surface area (Å²) in [5.41, 5.74) is 6.10. The number of esters is 1. The van der Waals surface area contributed by atoms with Crippen LogP contribution in [0.5, 0.6) is 11.5 Å². The van der Waals surface area contributed by atoms with Gasteiger partial charge in [-0.15, -0.1) is 0 Å². The molecule has 0 aliphatic rings. The molecule has 31 heavy (non-hydrogen) atoms. The van der Waals surface area contributed by atoms with E-state index in [1.165, 1.54) is 0 Å². The molecule has 0 radical (unpaired) electrons. The number of benzene rings is 3. The van der Waals surface area contributed by atoms with Crippen molar-refractivity contribution in [3.8, 4) is 22.6 Å². The molecule has 160 valence electrons. The number of aryl methyl sites for hydroxylation is 1. The normalized spacial score (nSPS) is 10.4. The second kappa shape index (κ2) is 10.4. The maximum atomic E-state index is 11.5. The molecule has 0 saturated carbocycles. The summed E-state index contributed by atoms with van der Waals surface area (Å²) < 4.78 is 16.3. The molecule has 0 bridgehead atoms. The number of rotatable bonds is 9. The van der Waals surface area contributed by atoms with Crippen molar-refractivity contribution in [1.82, 2.24) is 0 Å². The predicted octanol–water partition coefficient (Wildman–Crippen LogP) is 5.30. The van der Waals surface area contributed by atoms with E-state index >= 15 is 0 Å². The highest BCUT2D eigenvalue weighted by atomic mass is 16.6. The Morgan fingerprint density at radius 2 is 1.65 bits per heavy atom. The van der Waals surface area contributed by atoms with Gasteiger partial charge in [0.25, 0.3) is 0 Å². The molecule has 0 saturated heterocycles. The van der Waals surface area contributed by atoms with E-state index < -0.39 is 0 Å². The minimum absolute atomic E-state index is 0.105. The summed E-state index contributed by atoms with van der Waals surface area (Å²) >= 11 is 0. The number of aldehydes is 1. The third kappa shape index (κ3) is 5.72. The molecule has 5 heteroatoms. The second-order valence-electron chi connectivity index (χ2n) is 7.14. The highest BCUT2D eigenvalue weighted by Gasteiger charge is 2.11. The zero-order valence-electron chi connectivity index (χ0n) is 18.0. The maximum absolute atomic E-state index is 11.5. The van der Waals surface area contributed by atoms with Gasteiger partial charge in [0.15, 0.2) is 6.61 Å². The van der Waals surface area contributed by atoms with Crippen LogP contribution >= 0.6 is 0 Å². The van der Waals surface area contributed by atoms with Crippen molar-refractivity contribution < 1.29 is 23.8 Å². The molecule has 0 heterocycles. The molecule has 0 amide bonds. The summed E-state index contributed by atoms with van der Waals surface area (Å²) in [5, 5.41) is 0. The average molecular weight is 418 g/mol. The van der Waals surface area contributed by atoms with Gasteiger partial charge in [-0.1, -0.05) is 24.3 Å². The van der Waals surface area contributed by atoms with Gasteiger partial charge in [0, 0.05) is 5.56 Å². The van der Waals surface area contributed by atoms with Gasteiger partial charge in [-0.2, -0.15) is 0 Å². The number of hydrogen-bond donors (Lipinski definition) is 0. The molecule has 0 spiro atoms. The topological polar surface area (TPSA) is 61.8 Å². The van der Waals surface area contributed by atoms with Crippen molar-refractivity contribution in [2.24, 2.45) is 0 Å². The lowest BCUT2D eigenvalue weighted by Gasteiger charge is -2.15. The van der Waals surface area contributed by atoms with Gasteiger partial charge in [0.2, 0.25) is 0 Å². The third-order valence-electron chi connectivity index (χ3n) is 5.01. The number of carbonyl (C=O) groups excluding carboxylic acids is 2. The van der Waals surface area contributed by atoms with E-state index in [1.54, 1.807) is 31.2 Å². The molecule has 0 N–H and O–H groups in total. The number of carbonyl (C=O) groups is 2. The molecule has 0 aliphatic carbocycles. The van der Waals surface area contributed by atoms with Crippen LogP contribution in [0.3, 0.4) is 0 Å². The third-order valence-corrected chi connectivity index (χ3v) is 5.01. The summed E-state index contributed by atoms with van der Waals surface area (Å²) in [5.74, 6) is 0.966. The lowest BCUT2D eigenvalue weighted by Crippen LogP contribution is -2.14. The Balaban J connectivity index is 1.73. The first-order valence-electron chi connectivity index (χ1n) is 10.2. The van der Waals surface area contributed by atoms with E-state index in [0.717, 1.165) is 39.9 Å². The van der Waals surface area contributed by atoms with Crippen LogP contribution in [-0.4, -0.2) is 25.5 Å². The first-order valence-corrected chi connectivity index (χ1v) is 10.2. The Kier molecular flexibility index (Phi) is 7.44. The Bertz CT molecular complexity index is 1050. The minimum atomic E-state index is -0.381. The average Bonchev–Trinajstić information content (AvgIpc) is 2.78. The molecule has 0 aromatic heterocycles. The molecule has 0 atom stereocenters. The molecule has 3 aromatic rings. The number of ether oxygens (including phenoxy) is 3. The minimum Gasteiger partial charge on any atom is -0.489 e. The van der Waals surface area contributed by atoms with Crippen LogP contribution in [0, 0.1) is 13.8 Å². The first-order chi connectivity index (χ1) is 15.0. The van der Waals surface area contributed by atoms with Crippen LogP contribution < -0.4 is 9.47 Å². The zero-order valence-corrected chi connectivity index (χ0v) is 18.0. The van der Waals surface area contributed by atoms with Crippen LogP contribution in [-0.2, 0) is 16.1 Å². The van der Waals surface area contributed by atoms with Crippen molar-refractivity contribution >= 4 is 12.3 Å². The number of hydrogen-bond acceptors (Lipinski definition) is 5. The molecule has 0 unspecified atom stereocenters. The Morgan fingerprint density at radius 1 is 0.903 bits per heavy atom. The van der Waals surface area contributed by atoms with E-state index in [4.69, 9.17) is 14.2 Å². The van der Waals surface area contributed by atoms with Crippen molar-refractivity contribution in [3.05, 3.63) is 82.9 Å². The van der Waals surface area contributed by atoms with Crippen molar-refractivity contribution in [2.75, 3.05) is 13.2 Å². The van der Waals surface area contributed by atoms with Gasteiger partial charge < -0.3 is 14.2 Å². The maximum Gasteiger partial charge on any atom is 0.344 e. The molecular weight excluding hydrogens is 392 g/mol. The van der Waals surface area contributed by atoms with Gasteiger partial charge >= 0.3 is 5.97 Å². The van der Waals surface area contributed by atoms with Crippen molar-refractivity contribution in [1.29, 1.82) is 0 Å². The summed E-state index contributed by atoms with van der Waals surface area (Å²) in [6, 6.07) is 19.0. The first kappa shape index (κ1) is 22.1.